The first-order valence-corrected chi connectivity index (χ1v) is 9.57. The Morgan fingerprint density at radius 2 is 1.30 bits per heavy atom. The van der Waals surface area contributed by atoms with Gasteiger partial charge in [-0.1, -0.05) is 66.5 Å². The first-order valence-electron chi connectivity index (χ1n) is 9.57. The number of aliphatic carboxylic acids is 2. The van der Waals surface area contributed by atoms with E-state index in [-0.39, 0.29) is 17.3 Å². The molecule has 0 heterocycles. The monoisotopic (exact) mass is 378 g/mol. The maximum absolute atomic E-state index is 10.9. The molecular weight excluding hydrogens is 344 g/mol. The first kappa shape index (κ1) is 23.0. The second-order valence-corrected chi connectivity index (χ2v) is 9.37. The molecule has 0 aliphatic rings. The first-order chi connectivity index (χ1) is 12.2. The lowest BCUT2D eigenvalue weighted by atomic mass is 9.78. The predicted octanol–water partition coefficient (Wildman–Crippen LogP) is 4.88. The fourth-order valence-electron chi connectivity index (χ4n) is 3.19. The van der Waals surface area contributed by atoms with Crippen molar-refractivity contribution in [3.05, 3.63) is 28.8 Å². The van der Waals surface area contributed by atoms with E-state index in [9.17, 15) is 14.7 Å². The number of hydrogen-bond acceptors (Lipinski definition) is 3. The van der Waals surface area contributed by atoms with Crippen molar-refractivity contribution in [3.8, 4) is 5.75 Å². The van der Waals surface area contributed by atoms with Gasteiger partial charge in [-0.05, 0) is 46.8 Å². The summed E-state index contributed by atoms with van der Waals surface area (Å²) >= 11 is 0. The number of benzene rings is 1. The number of unbranched alkanes of at least 4 members (excludes halogenated alkanes) is 2. The van der Waals surface area contributed by atoms with Crippen LogP contribution in [0.3, 0.4) is 0 Å². The molecule has 0 atom stereocenters. The van der Waals surface area contributed by atoms with E-state index in [0.29, 0.717) is 12.2 Å². The summed E-state index contributed by atoms with van der Waals surface area (Å²) in [6.45, 7) is 12.5. The molecule has 152 valence electrons. The summed E-state index contributed by atoms with van der Waals surface area (Å²) in [5, 5.41) is 28.6. The van der Waals surface area contributed by atoms with Crippen LogP contribution >= 0.6 is 0 Å². The van der Waals surface area contributed by atoms with Gasteiger partial charge in [0, 0.05) is 0 Å². The van der Waals surface area contributed by atoms with Gasteiger partial charge in [-0.3, -0.25) is 9.59 Å². The topological polar surface area (TPSA) is 94.8 Å². The van der Waals surface area contributed by atoms with Gasteiger partial charge < -0.3 is 15.3 Å². The molecule has 1 rings (SSSR count). The van der Waals surface area contributed by atoms with Crippen molar-refractivity contribution in [1.29, 1.82) is 0 Å². The number of carboxylic acids is 2. The molecular formula is C22H34O5. The quantitative estimate of drug-likeness (QED) is 0.443. The van der Waals surface area contributed by atoms with Gasteiger partial charge in [-0.25, -0.2) is 0 Å². The molecule has 0 fully saturated rings. The van der Waals surface area contributed by atoms with Crippen LogP contribution in [-0.4, -0.2) is 27.3 Å². The van der Waals surface area contributed by atoms with Crippen LogP contribution in [0, 0.1) is 5.92 Å². The normalized spacial score (nSPS) is 12.4. The fourth-order valence-corrected chi connectivity index (χ4v) is 3.19. The molecule has 0 saturated heterocycles. The summed E-state index contributed by atoms with van der Waals surface area (Å²) in [5.41, 5.74) is 2.67. The number of hydrogen-bond donors (Lipinski definition) is 3. The Balaban J connectivity index is 2.84. The molecule has 0 aliphatic carbocycles. The molecule has 0 aliphatic heterocycles. The summed E-state index contributed by atoms with van der Waals surface area (Å²) in [5.74, 6) is -3.50. The highest BCUT2D eigenvalue weighted by atomic mass is 16.4. The minimum Gasteiger partial charge on any atom is -0.507 e. The molecule has 1 aromatic rings. The van der Waals surface area contributed by atoms with Gasteiger partial charge in [0.2, 0.25) is 0 Å². The lowest BCUT2D eigenvalue weighted by Crippen LogP contribution is -2.23. The molecule has 0 unspecified atom stereocenters. The molecule has 0 spiro atoms. The van der Waals surface area contributed by atoms with E-state index in [0.717, 1.165) is 36.0 Å². The van der Waals surface area contributed by atoms with Gasteiger partial charge in [0.05, 0.1) is 0 Å². The van der Waals surface area contributed by atoms with Crippen molar-refractivity contribution < 1.29 is 24.9 Å². The van der Waals surface area contributed by atoms with Crippen molar-refractivity contribution in [2.45, 2.75) is 84.5 Å². The highest BCUT2D eigenvalue weighted by Gasteiger charge is 2.27. The number of phenolic OH excluding ortho intramolecular Hbond substituents is 1. The SMILES string of the molecule is CC(C)(C)c1cc(CCCCCC(C(=O)O)C(=O)O)cc(C(C)(C)C)c1O. The largest absolute Gasteiger partial charge is 0.507 e. The van der Waals surface area contributed by atoms with Crippen LogP contribution in [0.1, 0.15) is 83.9 Å². The zero-order valence-electron chi connectivity index (χ0n) is 17.4. The van der Waals surface area contributed by atoms with E-state index >= 15 is 0 Å². The Kier molecular flexibility index (Phi) is 7.47. The van der Waals surface area contributed by atoms with Crippen molar-refractivity contribution in [2.24, 2.45) is 5.92 Å². The van der Waals surface area contributed by atoms with Crippen LogP contribution in [0.25, 0.3) is 0 Å². The van der Waals surface area contributed by atoms with Gasteiger partial charge in [-0.2, -0.15) is 0 Å². The van der Waals surface area contributed by atoms with E-state index in [4.69, 9.17) is 10.2 Å². The Bertz CT molecular complexity index is 628. The minimum absolute atomic E-state index is 0.153. The summed E-state index contributed by atoms with van der Waals surface area (Å²) in [6, 6.07) is 4.11. The van der Waals surface area contributed by atoms with E-state index < -0.39 is 17.9 Å². The zero-order chi connectivity index (χ0) is 21.0. The van der Waals surface area contributed by atoms with Gasteiger partial charge in [0.1, 0.15) is 5.75 Å². The third-order valence-electron chi connectivity index (χ3n) is 4.84. The van der Waals surface area contributed by atoms with Gasteiger partial charge >= 0.3 is 11.9 Å². The molecule has 0 saturated carbocycles. The van der Waals surface area contributed by atoms with Crippen LogP contribution in [0.15, 0.2) is 12.1 Å². The molecule has 0 radical (unpaired) electrons. The molecule has 0 amide bonds. The van der Waals surface area contributed by atoms with E-state index in [2.05, 4.69) is 53.7 Å². The van der Waals surface area contributed by atoms with E-state index in [1.165, 1.54) is 0 Å². The Labute approximate surface area is 162 Å². The highest BCUT2D eigenvalue weighted by Crippen LogP contribution is 2.40. The van der Waals surface area contributed by atoms with Crippen LogP contribution in [0.5, 0.6) is 5.75 Å². The van der Waals surface area contributed by atoms with Crippen molar-refractivity contribution in [3.63, 3.8) is 0 Å². The molecule has 5 heteroatoms. The summed E-state index contributed by atoms with van der Waals surface area (Å²) in [4.78, 5) is 21.8. The highest BCUT2D eigenvalue weighted by molar-refractivity contribution is 5.92. The maximum atomic E-state index is 10.9. The average molecular weight is 379 g/mol. The number of carboxylic acid groups (broad SMARTS) is 2. The lowest BCUT2D eigenvalue weighted by molar-refractivity contribution is -0.154. The van der Waals surface area contributed by atoms with Crippen molar-refractivity contribution in [1.82, 2.24) is 0 Å². The lowest BCUT2D eigenvalue weighted by Gasteiger charge is -2.28. The second-order valence-electron chi connectivity index (χ2n) is 9.37. The summed E-state index contributed by atoms with van der Waals surface area (Å²) < 4.78 is 0. The standard InChI is InChI=1S/C22H34O5/c1-21(2,3)16-12-14(13-17(18(16)23)22(4,5)6)10-8-7-9-11-15(19(24)25)20(26)27/h12-13,15,23H,7-11H2,1-6H3,(H,24,25)(H,26,27). The number of carbonyl (C=O) groups is 2. The van der Waals surface area contributed by atoms with Crippen LogP contribution in [0.4, 0.5) is 0 Å². The number of aryl methyl sites for hydroxylation is 1. The summed E-state index contributed by atoms with van der Waals surface area (Å²) in [7, 11) is 0. The Hall–Kier alpha value is -2.04. The predicted molar refractivity (Wildman–Crippen MR) is 106 cm³/mol. The van der Waals surface area contributed by atoms with Gasteiger partial charge in [0.15, 0.2) is 5.92 Å². The van der Waals surface area contributed by atoms with E-state index in [1.54, 1.807) is 0 Å². The Morgan fingerprint density at radius 3 is 1.67 bits per heavy atom. The fraction of sp³-hybridized carbons (Fsp3) is 0.636. The molecule has 3 N–H and O–H groups in total. The van der Waals surface area contributed by atoms with Crippen LogP contribution in [-0.2, 0) is 26.8 Å². The smallest absolute Gasteiger partial charge is 0.317 e. The molecule has 1 aromatic carbocycles. The zero-order valence-corrected chi connectivity index (χ0v) is 17.4. The number of aromatic hydroxyl groups is 1. The average Bonchev–Trinajstić information content (AvgIpc) is 2.48. The number of phenols is 1. The molecule has 0 aromatic heterocycles. The summed E-state index contributed by atoms with van der Waals surface area (Å²) in [6.07, 6.45) is 3.16. The van der Waals surface area contributed by atoms with Crippen molar-refractivity contribution in [2.75, 3.05) is 0 Å². The third-order valence-corrected chi connectivity index (χ3v) is 4.84. The second kappa shape index (κ2) is 8.77. The van der Waals surface area contributed by atoms with E-state index in [1.807, 2.05) is 0 Å². The third kappa shape index (κ3) is 6.56. The molecule has 0 bridgehead atoms. The van der Waals surface area contributed by atoms with Gasteiger partial charge in [0.25, 0.3) is 0 Å². The molecule has 5 nitrogen and oxygen atoms in total. The molecule has 27 heavy (non-hydrogen) atoms. The minimum atomic E-state index is -1.32. The number of rotatable bonds is 8. The van der Waals surface area contributed by atoms with Crippen molar-refractivity contribution >= 4 is 11.9 Å². The van der Waals surface area contributed by atoms with Crippen LogP contribution in [0.2, 0.25) is 0 Å². The maximum Gasteiger partial charge on any atom is 0.317 e. The van der Waals surface area contributed by atoms with Gasteiger partial charge in [-0.15, -0.1) is 0 Å². The van der Waals surface area contributed by atoms with Crippen LogP contribution < -0.4 is 0 Å². The Morgan fingerprint density at radius 1 is 0.852 bits per heavy atom.